The van der Waals surface area contributed by atoms with Gasteiger partial charge in [0.05, 0.1) is 44.0 Å². The van der Waals surface area contributed by atoms with Gasteiger partial charge in [0.15, 0.2) is 28.2 Å². The predicted molar refractivity (Wildman–Crippen MR) is 161 cm³/mol. The third-order valence-electron chi connectivity index (χ3n) is 6.74. The zero-order chi connectivity index (χ0) is 30.3. The standard InChI is InChI=1S/C31H31N3O8S/c1-4-40-28(35)17-43-31-33-23-15-27-26(41-18-42-27)14-22(23)30(37)34(31)16-20-5-8-21(9-6-20)29(36)32-12-11-19-7-10-24(38-2)25(13-19)39-3/h5-10,13-15H,4,11-12,16-18H2,1-3H3,(H,32,36). The SMILES string of the molecule is CCOC(=O)CSc1nc2cc3c(cc2c(=O)n1Cc1ccc(C(=O)NCCc2ccc(OC)c(OC)c2)cc1)OCO3. The van der Waals surface area contributed by atoms with Gasteiger partial charge in [-0.1, -0.05) is 30.0 Å². The number of nitrogens with one attached hydrogen (secondary N) is 1. The van der Waals surface area contributed by atoms with E-state index < -0.39 is 5.97 Å². The summed E-state index contributed by atoms with van der Waals surface area (Å²) < 4.78 is 28.1. The van der Waals surface area contributed by atoms with Crippen molar-refractivity contribution in [1.82, 2.24) is 14.9 Å². The Balaban J connectivity index is 1.30. The lowest BCUT2D eigenvalue weighted by Gasteiger charge is -2.14. The topological polar surface area (TPSA) is 127 Å². The van der Waals surface area contributed by atoms with Crippen LogP contribution >= 0.6 is 11.8 Å². The number of carbonyl (C=O) groups excluding carboxylic acids is 2. The van der Waals surface area contributed by atoms with Gasteiger partial charge in [0.1, 0.15) is 0 Å². The quantitative estimate of drug-likeness (QED) is 0.145. The highest BCUT2D eigenvalue weighted by atomic mass is 32.2. The summed E-state index contributed by atoms with van der Waals surface area (Å²) >= 11 is 1.12. The van der Waals surface area contributed by atoms with E-state index in [2.05, 4.69) is 10.3 Å². The zero-order valence-electron chi connectivity index (χ0n) is 24.0. The molecule has 1 aliphatic rings. The number of esters is 1. The highest BCUT2D eigenvalue weighted by molar-refractivity contribution is 7.99. The van der Waals surface area contributed by atoms with E-state index >= 15 is 0 Å². The number of nitrogens with zero attached hydrogens (tertiary/aromatic N) is 2. The normalized spacial score (nSPS) is 11.8. The molecule has 3 aromatic carbocycles. The molecule has 0 atom stereocenters. The molecule has 1 N–H and O–H groups in total. The number of thioether (sulfide) groups is 1. The Hall–Kier alpha value is -4.71. The van der Waals surface area contributed by atoms with Crippen molar-refractivity contribution in [2.45, 2.75) is 25.0 Å². The molecular formula is C31H31N3O8S. The molecule has 1 amide bonds. The van der Waals surface area contributed by atoms with E-state index in [1.54, 1.807) is 57.5 Å². The number of benzene rings is 3. The van der Waals surface area contributed by atoms with Gasteiger partial charge >= 0.3 is 5.97 Å². The highest BCUT2D eigenvalue weighted by Crippen LogP contribution is 2.35. The van der Waals surface area contributed by atoms with E-state index in [1.807, 2.05) is 18.2 Å². The molecule has 0 fully saturated rings. The highest BCUT2D eigenvalue weighted by Gasteiger charge is 2.20. The average molecular weight is 606 g/mol. The van der Waals surface area contributed by atoms with Gasteiger partial charge < -0.3 is 29.0 Å². The minimum absolute atomic E-state index is 0.00124. The molecule has 0 aliphatic carbocycles. The van der Waals surface area contributed by atoms with E-state index in [1.165, 1.54) is 4.57 Å². The second-order valence-corrected chi connectivity index (χ2v) is 10.4. The smallest absolute Gasteiger partial charge is 0.316 e. The van der Waals surface area contributed by atoms with Crippen LogP contribution in [-0.2, 0) is 22.5 Å². The fraction of sp³-hybridized carbons (Fsp3) is 0.290. The Bertz CT molecular complexity index is 1700. The number of amides is 1. The number of carbonyl (C=O) groups is 2. The van der Waals surface area contributed by atoms with E-state index in [4.69, 9.17) is 23.7 Å². The molecule has 0 spiro atoms. The number of methoxy groups -OCH3 is 2. The third kappa shape index (κ3) is 6.86. The molecule has 4 aromatic rings. The molecule has 1 aromatic heterocycles. The van der Waals surface area contributed by atoms with Crippen LogP contribution in [0.15, 0.2) is 64.5 Å². The lowest BCUT2D eigenvalue weighted by molar-refractivity contribution is -0.139. The molecular weight excluding hydrogens is 574 g/mol. The van der Waals surface area contributed by atoms with Gasteiger partial charge in [-0.15, -0.1) is 0 Å². The maximum absolute atomic E-state index is 13.6. The van der Waals surface area contributed by atoms with Crippen molar-refractivity contribution in [2.24, 2.45) is 0 Å². The molecule has 12 heteroatoms. The van der Waals surface area contributed by atoms with E-state index in [9.17, 15) is 14.4 Å². The molecule has 0 bridgehead atoms. The Labute approximate surface area is 252 Å². The first-order valence-electron chi connectivity index (χ1n) is 13.6. The Morgan fingerprint density at radius 1 is 0.977 bits per heavy atom. The van der Waals surface area contributed by atoms with Crippen molar-refractivity contribution in [3.63, 3.8) is 0 Å². The van der Waals surface area contributed by atoms with Gasteiger partial charge in [-0.2, -0.15) is 0 Å². The number of aromatic nitrogens is 2. The molecule has 0 saturated heterocycles. The number of hydrogen-bond acceptors (Lipinski definition) is 10. The second kappa shape index (κ2) is 13.5. The van der Waals surface area contributed by atoms with Crippen LogP contribution in [-0.4, -0.2) is 61.3 Å². The Morgan fingerprint density at radius 2 is 1.70 bits per heavy atom. The van der Waals surface area contributed by atoms with Crippen LogP contribution in [0, 0.1) is 0 Å². The zero-order valence-corrected chi connectivity index (χ0v) is 24.8. The average Bonchev–Trinajstić information content (AvgIpc) is 3.48. The molecule has 224 valence electrons. The van der Waals surface area contributed by atoms with Gasteiger partial charge in [0, 0.05) is 18.2 Å². The van der Waals surface area contributed by atoms with E-state index in [-0.39, 0.29) is 37.2 Å². The Kier molecular flexibility index (Phi) is 9.35. The van der Waals surface area contributed by atoms with Crippen molar-refractivity contribution >= 4 is 34.5 Å². The van der Waals surface area contributed by atoms with Gasteiger partial charge in [-0.05, 0) is 54.8 Å². The number of rotatable bonds is 12. The van der Waals surface area contributed by atoms with E-state index in [0.29, 0.717) is 57.6 Å². The van der Waals surface area contributed by atoms with E-state index in [0.717, 1.165) is 22.9 Å². The van der Waals surface area contributed by atoms with Crippen molar-refractivity contribution in [3.8, 4) is 23.0 Å². The molecule has 2 heterocycles. The summed E-state index contributed by atoms with van der Waals surface area (Å²) in [5, 5.41) is 3.67. The summed E-state index contributed by atoms with van der Waals surface area (Å²) in [5.41, 5.74) is 2.43. The summed E-state index contributed by atoms with van der Waals surface area (Å²) in [7, 11) is 3.17. The summed E-state index contributed by atoms with van der Waals surface area (Å²) in [4.78, 5) is 43.1. The number of fused-ring (bicyclic) bond motifs is 2. The predicted octanol–water partition coefficient (Wildman–Crippen LogP) is 3.82. The molecule has 5 rings (SSSR count). The first kappa shape index (κ1) is 29.8. The van der Waals surface area contributed by atoms with Crippen molar-refractivity contribution < 1.29 is 33.3 Å². The molecule has 0 unspecified atom stereocenters. The molecule has 0 radical (unpaired) electrons. The summed E-state index contributed by atoms with van der Waals surface area (Å²) in [5.74, 6) is 1.66. The van der Waals surface area contributed by atoms with Crippen LogP contribution in [0.5, 0.6) is 23.0 Å². The minimum Gasteiger partial charge on any atom is -0.493 e. The maximum Gasteiger partial charge on any atom is 0.316 e. The monoisotopic (exact) mass is 605 g/mol. The van der Waals surface area contributed by atoms with Crippen LogP contribution in [0.3, 0.4) is 0 Å². The van der Waals surface area contributed by atoms with Crippen molar-refractivity contribution in [3.05, 3.63) is 81.6 Å². The number of hydrogen-bond donors (Lipinski definition) is 1. The fourth-order valence-electron chi connectivity index (χ4n) is 4.57. The van der Waals surface area contributed by atoms with Gasteiger partial charge in [-0.25, -0.2) is 4.98 Å². The fourth-order valence-corrected chi connectivity index (χ4v) is 5.37. The van der Waals surface area contributed by atoms with Crippen LogP contribution in [0.1, 0.15) is 28.4 Å². The lowest BCUT2D eigenvalue weighted by Crippen LogP contribution is -2.26. The third-order valence-corrected chi connectivity index (χ3v) is 7.69. The second-order valence-electron chi connectivity index (χ2n) is 9.49. The van der Waals surface area contributed by atoms with Crippen LogP contribution in [0.25, 0.3) is 10.9 Å². The molecule has 1 aliphatic heterocycles. The minimum atomic E-state index is -0.402. The van der Waals surface area contributed by atoms with Crippen molar-refractivity contribution in [1.29, 1.82) is 0 Å². The summed E-state index contributed by atoms with van der Waals surface area (Å²) in [6, 6.07) is 15.9. The molecule has 0 saturated carbocycles. The largest absolute Gasteiger partial charge is 0.493 e. The first-order chi connectivity index (χ1) is 20.9. The van der Waals surface area contributed by atoms with Crippen molar-refractivity contribution in [2.75, 3.05) is 39.9 Å². The maximum atomic E-state index is 13.6. The van der Waals surface area contributed by atoms with Gasteiger partial charge in [0.25, 0.3) is 11.5 Å². The lowest BCUT2D eigenvalue weighted by atomic mass is 10.1. The molecule has 43 heavy (non-hydrogen) atoms. The van der Waals surface area contributed by atoms with Crippen LogP contribution < -0.4 is 29.8 Å². The first-order valence-corrected chi connectivity index (χ1v) is 14.6. The van der Waals surface area contributed by atoms with Gasteiger partial charge in [0.2, 0.25) is 6.79 Å². The summed E-state index contributed by atoms with van der Waals surface area (Å²) in [6.45, 7) is 2.69. The number of ether oxygens (including phenoxy) is 5. The Morgan fingerprint density at radius 3 is 2.42 bits per heavy atom. The summed E-state index contributed by atoms with van der Waals surface area (Å²) in [6.07, 6.45) is 0.620. The van der Waals surface area contributed by atoms with Gasteiger partial charge in [-0.3, -0.25) is 19.0 Å². The van der Waals surface area contributed by atoms with Crippen LogP contribution in [0.4, 0.5) is 0 Å². The van der Waals surface area contributed by atoms with Crippen LogP contribution in [0.2, 0.25) is 0 Å². The molecule has 11 nitrogen and oxygen atoms in total.